The molecule has 160 valence electrons. The van der Waals surface area contributed by atoms with E-state index < -0.39 is 0 Å². The SMILES string of the molecule is Cc1cc(C(=O)N2CCC(C)CC2)ccc1NC(=O)NCCNC(=O)c1ccco1. The Balaban J connectivity index is 1.45. The molecule has 2 heterocycles. The summed E-state index contributed by atoms with van der Waals surface area (Å²) in [5.41, 5.74) is 2.08. The average molecular weight is 412 g/mol. The zero-order chi connectivity index (χ0) is 21.5. The summed E-state index contributed by atoms with van der Waals surface area (Å²) in [6, 6.07) is 8.11. The summed E-state index contributed by atoms with van der Waals surface area (Å²) in [4.78, 5) is 38.4. The van der Waals surface area contributed by atoms with E-state index in [1.807, 2.05) is 11.8 Å². The predicted octanol–water partition coefficient (Wildman–Crippen LogP) is 3.01. The maximum absolute atomic E-state index is 12.7. The number of furan rings is 1. The summed E-state index contributed by atoms with van der Waals surface area (Å²) < 4.78 is 5.00. The van der Waals surface area contributed by atoms with E-state index in [9.17, 15) is 14.4 Å². The van der Waals surface area contributed by atoms with Crippen molar-refractivity contribution in [3.63, 3.8) is 0 Å². The minimum Gasteiger partial charge on any atom is -0.459 e. The van der Waals surface area contributed by atoms with E-state index in [0.717, 1.165) is 31.5 Å². The van der Waals surface area contributed by atoms with Gasteiger partial charge >= 0.3 is 6.03 Å². The van der Waals surface area contributed by atoms with E-state index in [1.54, 1.807) is 30.3 Å². The van der Waals surface area contributed by atoms with Crippen LogP contribution in [0, 0.1) is 12.8 Å². The lowest BCUT2D eigenvalue weighted by Crippen LogP contribution is -2.38. The lowest BCUT2D eigenvalue weighted by Gasteiger charge is -2.30. The van der Waals surface area contributed by atoms with Gasteiger partial charge in [-0.15, -0.1) is 0 Å². The summed E-state index contributed by atoms with van der Waals surface area (Å²) in [7, 11) is 0. The first kappa shape index (κ1) is 21.4. The van der Waals surface area contributed by atoms with E-state index in [4.69, 9.17) is 4.42 Å². The minimum atomic E-state index is -0.380. The molecule has 4 amide bonds. The number of likely N-dealkylation sites (tertiary alicyclic amines) is 1. The van der Waals surface area contributed by atoms with Crippen LogP contribution in [0.25, 0.3) is 0 Å². The van der Waals surface area contributed by atoms with Crippen LogP contribution in [0.4, 0.5) is 10.5 Å². The van der Waals surface area contributed by atoms with Crippen LogP contribution in [0.1, 0.15) is 46.2 Å². The molecule has 8 nitrogen and oxygen atoms in total. The molecule has 0 bridgehead atoms. The third kappa shape index (κ3) is 5.62. The molecule has 3 rings (SSSR count). The smallest absolute Gasteiger partial charge is 0.319 e. The van der Waals surface area contributed by atoms with Crippen molar-refractivity contribution in [2.24, 2.45) is 5.92 Å². The Hall–Kier alpha value is -3.29. The standard InChI is InChI=1S/C22H28N4O4/c1-15-7-11-26(12-8-15)21(28)17-5-6-18(16(2)14-17)25-22(29)24-10-9-23-20(27)19-4-3-13-30-19/h3-6,13-15H,7-12H2,1-2H3,(H,23,27)(H2,24,25,29). The van der Waals surface area contributed by atoms with Crippen LogP contribution in [-0.2, 0) is 0 Å². The molecule has 0 radical (unpaired) electrons. The number of hydrogen-bond acceptors (Lipinski definition) is 4. The summed E-state index contributed by atoms with van der Waals surface area (Å²) in [5, 5.41) is 8.10. The highest BCUT2D eigenvalue weighted by Crippen LogP contribution is 2.21. The Morgan fingerprint density at radius 1 is 1.10 bits per heavy atom. The van der Waals surface area contributed by atoms with Crippen LogP contribution < -0.4 is 16.0 Å². The highest BCUT2D eigenvalue weighted by Gasteiger charge is 2.21. The largest absolute Gasteiger partial charge is 0.459 e. The molecule has 8 heteroatoms. The molecule has 0 spiro atoms. The van der Waals surface area contributed by atoms with Gasteiger partial charge < -0.3 is 25.3 Å². The first-order chi connectivity index (χ1) is 14.4. The zero-order valence-corrected chi connectivity index (χ0v) is 17.4. The van der Waals surface area contributed by atoms with Crippen LogP contribution in [0.2, 0.25) is 0 Å². The second-order valence-corrected chi connectivity index (χ2v) is 7.62. The number of anilines is 1. The number of carbonyl (C=O) groups excluding carboxylic acids is 3. The molecule has 2 aromatic rings. The third-order valence-corrected chi connectivity index (χ3v) is 5.23. The highest BCUT2D eigenvalue weighted by atomic mass is 16.3. The van der Waals surface area contributed by atoms with Crippen molar-refractivity contribution in [3.05, 3.63) is 53.5 Å². The summed E-state index contributed by atoms with van der Waals surface area (Å²) in [6.45, 7) is 6.18. The van der Waals surface area contributed by atoms with Gasteiger partial charge in [-0.3, -0.25) is 9.59 Å². The third-order valence-electron chi connectivity index (χ3n) is 5.23. The van der Waals surface area contributed by atoms with E-state index in [0.29, 0.717) is 17.2 Å². The summed E-state index contributed by atoms with van der Waals surface area (Å²) in [5.74, 6) is 0.595. The van der Waals surface area contributed by atoms with Crippen LogP contribution in [-0.4, -0.2) is 48.9 Å². The van der Waals surface area contributed by atoms with E-state index in [1.165, 1.54) is 6.26 Å². The molecule has 3 N–H and O–H groups in total. The van der Waals surface area contributed by atoms with Gasteiger partial charge in [0.15, 0.2) is 5.76 Å². The normalized spacial score (nSPS) is 14.3. The van der Waals surface area contributed by atoms with Crippen LogP contribution >= 0.6 is 0 Å². The van der Waals surface area contributed by atoms with E-state index in [2.05, 4.69) is 22.9 Å². The van der Waals surface area contributed by atoms with Crippen molar-refractivity contribution in [2.75, 3.05) is 31.5 Å². The maximum Gasteiger partial charge on any atom is 0.319 e. The zero-order valence-electron chi connectivity index (χ0n) is 17.4. The van der Waals surface area contributed by atoms with E-state index >= 15 is 0 Å². The predicted molar refractivity (Wildman–Crippen MR) is 114 cm³/mol. The molecule has 1 fully saturated rings. The Morgan fingerprint density at radius 2 is 1.83 bits per heavy atom. The van der Waals surface area contributed by atoms with Crippen molar-refractivity contribution in [3.8, 4) is 0 Å². The van der Waals surface area contributed by atoms with Gasteiger partial charge in [0.2, 0.25) is 0 Å². The summed E-state index contributed by atoms with van der Waals surface area (Å²) in [6.07, 6.45) is 3.49. The number of amides is 4. The fraction of sp³-hybridized carbons (Fsp3) is 0.409. The Labute approximate surface area is 176 Å². The van der Waals surface area contributed by atoms with Gasteiger partial charge in [-0.2, -0.15) is 0 Å². The molecule has 1 aromatic carbocycles. The Kier molecular flexibility index (Phi) is 7.11. The van der Waals surface area contributed by atoms with Crippen LogP contribution in [0.5, 0.6) is 0 Å². The number of benzene rings is 1. The quantitative estimate of drug-likeness (QED) is 0.635. The Bertz CT molecular complexity index is 887. The number of nitrogens with one attached hydrogen (secondary N) is 3. The van der Waals surface area contributed by atoms with Crippen LogP contribution in [0.3, 0.4) is 0 Å². The van der Waals surface area contributed by atoms with Crippen molar-refractivity contribution >= 4 is 23.5 Å². The van der Waals surface area contributed by atoms with Gasteiger partial charge in [0, 0.05) is 37.4 Å². The van der Waals surface area contributed by atoms with Crippen molar-refractivity contribution in [2.45, 2.75) is 26.7 Å². The molecule has 0 unspecified atom stereocenters. The number of rotatable bonds is 6. The van der Waals surface area contributed by atoms with Crippen molar-refractivity contribution in [1.82, 2.24) is 15.5 Å². The van der Waals surface area contributed by atoms with E-state index in [-0.39, 0.29) is 36.7 Å². The molecule has 0 atom stereocenters. The maximum atomic E-state index is 12.7. The molecule has 0 saturated carbocycles. The highest BCUT2D eigenvalue weighted by molar-refractivity contribution is 5.96. The molecule has 1 aliphatic rings. The second kappa shape index (κ2) is 9.96. The number of carbonyl (C=O) groups is 3. The second-order valence-electron chi connectivity index (χ2n) is 7.62. The molecule has 1 aliphatic heterocycles. The minimum absolute atomic E-state index is 0.0355. The fourth-order valence-corrected chi connectivity index (χ4v) is 3.34. The fourth-order valence-electron chi connectivity index (χ4n) is 3.34. The van der Waals surface area contributed by atoms with Gasteiger partial charge in [0.1, 0.15) is 0 Å². The molecule has 1 saturated heterocycles. The van der Waals surface area contributed by atoms with Crippen LogP contribution in [0.15, 0.2) is 41.0 Å². The molecule has 30 heavy (non-hydrogen) atoms. The first-order valence-corrected chi connectivity index (χ1v) is 10.2. The van der Waals surface area contributed by atoms with Gasteiger partial charge in [-0.25, -0.2) is 4.79 Å². The number of nitrogens with zero attached hydrogens (tertiary/aromatic N) is 1. The van der Waals surface area contributed by atoms with Gasteiger partial charge in [0.25, 0.3) is 11.8 Å². The van der Waals surface area contributed by atoms with Gasteiger partial charge in [-0.1, -0.05) is 6.92 Å². The first-order valence-electron chi connectivity index (χ1n) is 10.2. The number of aryl methyl sites for hydroxylation is 1. The topological polar surface area (TPSA) is 104 Å². The number of urea groups is 1. The number of piperidine rings is 1. The monoisotopic (exact) mass is 412 g/mol. The molecular weight excluding hydrogens is 384 g/mol. The van der Waals surface area contributed by atoms with Crippen molar-refractivity contribution < 1.29 is 18.8 Å². The molecule has 0 aliphatic carbocycles. The molecule has 1 aromatic heterocycles. The Morgan fingerprint density at radius 3 is 2.50 bits per heavy atom. The number of hydrogen-bond donors (Lipinski definition) is 3. The molecular formula is C22H28N4O4. The lowest BCUT2D eigenvalue weighted by molar-refractivity contribution is 0.0697. The average Bonchev–Trinajstić information content (AvgIpc) is 3.27. The summed E-state index contributed by atoms with van der Waals surface area (Å²) >= 11 is 0. The lowest BCUT2D eigenvalue weighted by atomic mass is 9.98. The van der Waals surface area contributed by atoms with Crippen molar-refractivity contribution in [1.29, 1.82) is 0 Å². The van der Waals surface area contributed by atoms with Gasteiger partial charge in [0.05, 0.1) is 6.26 Å². The van der Waals surface area contributed by atoms with Gasteiger partial charge in [-0.05, 0) is 61.6 Å².